The van der Waals surface area contributed by atoms with E-state index in [1.54, 1.807) is 11.3 Å². The van der Waals surface area contributed by atoms with Gasteiger partial charge in [0.15, 0.2) is 0 Å². The molecule has 0 unspecified atom stereocenters. The van der Waals surface area contributed by atoms with Crippen LogP contribution in [-0.2, 0) is 0 Å². The Morgan fingerprint density at radius 2 is 1.29 bits per heavy atom. The summed E-state index contributed by atoms with van der Waals surface area (Å²) >= 11 is 3.08. The van der Waals surface area contributed by atoms with Crippen LogP contribution in [0, 0.1) is 13.8 Å². The molecule has 1 fully saturated rings. The highest BCUT2D eigenvalue weighted by atomic mass is 32.1. The average Bonchev–Trinajstić information content (AvgIpc) is 3.78. The topological polar surface area (TPSA) is 103 Å². The molecule has 1 aliphatic heterocycles. The van der Waals surface area contributed by atoms with Crippen LogP contribution in [-0.4, -0.2) is 23.3 Å². The summed E-state index contributed by atoms with van der Waals surface area (Å²) in [6.45, 7) is 6.22. The summed E-state index contributed by atoms with van der Waals surface area (Å²) in [7, 11) is 0. The van der Waals surface area contributed by atoms with E-state index in [0.717, 1.165) is 62.5 Å². The minimum atomic E-state index is 0.507. The number of hydrogen-bond acceptors (Lipinski definition) is 11. The average molecular weight is 578 g/mol. The Kier molecular flexibility index (Phi) is 8.06. The minimum absolute atomic E-state index is 0.507. The first-order valence-electron chi connectivity index (χ1n) is 13.3. The van der Waals surface area contributed by atoms with E-state index >= 15 is 0 Å². The molecule has 9 nitrogen and oxygen atoms in total. The van der Waals surface area contributed by atoms with Crippen molar-refractivity contribution in [2.75, 3.05) is 18.0 Å². The molecule has 1 aliphatic rings. The summed E-state index contributed by atoms with van der Waals surface area (Å²) in [5.74, 6) is 0. The number of rotatable bonds is 8. The van der Waals surface area contributed by atoms with E-state index in [1.165, 1.54) is 29.2 Å². The largest absolute Gasteiger partial charge is 0.363 e. The molecular formula is C30H27N9S2. The monoisotopic (exact) mass is 577 g/mol. The second kappa shape index (κ2) is 12.4. The lowest BCUT2D eigenvalue weighted by Gasteiger charge is -2.13. The molecule has 3 heterocycles. The molecule has 0 saturated carbocycles. The number of anilines is 1. The lowest BCUT2D eigenvalue weighted by molar-refractivity contribution is 0.949. The molecule has 0 radical (unpaired) electrons. The molecule has 5 aromatic rings. The normalized spacial score (nSPS) is 13.9. The molecule has 0 atom stereocenters. The zero-order chi connectivity index (χ0) is 28.0. The number of aromatic nitrogens is 2. The second-order valence-electron chi connectivity index (χ2n) is 9.60. The first kappa shape index (κ1) is 26.7. The molecular weight excluding hydrogens is 551 g/mol. The maximum absolute atomic E-state index is 4.46. The number of hydrogen-bond donors (Lipinski definition) is 0. The van der Waals surface area contributed by atoms with Gasteiger partial charge < -0.3 is 4.90 Å². The predicted octanol–water partition coefficient (Wildman–Crippen LogP) is 10.7. The zero-order valence-electron chi connectivity index (χ0n) is 22.7. The van der Waals surface area contributed by atoms with E-state index in [-0.39, 0.29) is 0 Å². The Morgan fingerprint density at radius 3 is 1.98 bits per heavy atom. The first-order chi connectivity index (χ1) is 20.1. The predicted molar refractivity (Wildman–Crippen MR) is 166 cm³/mol. The zero-order valence-corrected chi connectivity index (χ0v) is 24.3. The highest BCUT2D eigenvalue weighted by Gasteiger charge is 2.14. The van der Waals surface area contributed by atoms with Crippen LogP contribution in [0.3, 0.4) is 0 Å². The SMILES string of the molecule is Cc1cc(/N=N/c2ccc(N3CCCC3)s2)ccc1/N=N/c1ccc(/N=N/c2nnc(-c3ccccc3)s2)c(C)c1. The molecule has 1 saturated heterocycles. The van der Waals surface area contributed by atoms with Gasteiger partial charge in [0.25, 0.3) is 5.13 Å². The van der Waals surface area contributed by atoms with Crippen LogP contribution in [0.25, 0.3) is 10.6 Å². The van der Waals surface area contributed by atoms with Crippen molar-refractivity contribution in [3.8, 4) is 10.6 Å². The highest BCUT2D eigenvalue weighted by molar-refractivity contribution is 7.19. The summed E-state index contributed by atoms with van der Waals surface area (Å²) in [6.07, 6.45) is 2.52. The van der Waals surface area contributed by atoms with Gasteiger partial charge in [0.05, 0.1) is 27.8 Å². The number of nitrogens with zero attached hydrogens (tertiary/aromatic N) is 9. The van der Waals surface area contributed by atoms with Gasteiger partial charge in [-0.25, -0.2) is 0 Å². The maximum Gasteiger partial charge on any atom is 0.252 e. The van der Waals surface area contributed by atoms with Crippen molar-refractivity contribution in [3.05, 3.63) is 90.0 Å². The van der Waals surface area contributed by atoms with E-state index in [2.05, 4.69) is 51.8 Å². The standard InChI is InChI=1S/C30H27N9S2/c1-20-19-24(32-35-27-14-15-28(40-27)39-16-6-7-17-39)11-12-25(20)33-31-23-10-13-26(21(2)18-23)34-37-30-38-36-29(41-30)22-8-4-3-5-9-22/h3-5,8-15,18-19H,6-7,16-17H2,1-2H3/b33-31+,35-32+,37-34+. The first-order valence-corrected chi connectivity index (χ1v) is 14.9. The van der Waals surface area contributed by atoms with Crippen LogP contribution in [0.4, 0.5) is 37.9 Å². The smallest absolute Gasteiger partial charge is 0.252 e. The summed E-state index contributed by atoms with van der Waals surface area (Å²) in [5.41, 5.74) is 5.97. The third kappa shape index (κ3) is 6.64. The summed E-state index contributed by atoms with van der Waals surface area (Å²) in [4.78, 5) is 2.41. The number of azo groups is 3. The molecule has 204 valence electrons. The second-order valence-corrected chi connectivity index (χ2v) is 11.6. The van der Waals surface area contributed by atoms with Crippen molar-refractivity contribution in [1.82, 2.24) is 10.2 Å². The van der Waals surface area contributed by atoms with Crippen LogP contribution in [0.5, 0.6) is 0 Å². The number of benzene rings is 3. The van der Waals surface area contributed by atoms with E-state index < -0.39 is 0 Å². The van der Waals surface area contributed by atoms with Crippen molar-refractivity contribution in [2.45, 2.75) is 26.7 Å². The van der Waals surface area contributed by atoms with E-state index in [0.29, 0.717) is 5.13 Å². The van der Waals surface area contributed by atoms with Crippen molar-refractivity contribution in [1.29, 1.82) is 0 Å². The molecule has 0 N–H and O–H groups in total. The summed E-state index contributed by atoms with van der Waals surface area (Å²) < 4.78 is 0. The lowest BCUT2D eigenvalue weighted by Crippen LogP contribution is -2.15. The number of thiophene rings is 1. The van der Waals surface area contributed by atoms with Crippen LogP contribution in [0.1, 0.15) is 24.0 Å². The minimum Gasteiger partial charge on any atom is -0.363 e. The molecule has 11 heteroatoms. The van der Waals surface area contributed by atoms with Gasteiger partial charge in [-0.2, -0.15) is 10.2 Å². The third-order valence-corrected chi connectivity index (χ3v) is 8.46. The Morgan fingerprint density at radius 1 is 0.634 bits per heavy atom. The molecule has 0 aliphatic carbocycles. The van der Waals surface area contributed by atoms with E-state index in [4.69, 9.17) is 0 Å². The Balaban J connectivity index is 1.08. The molecule has 6 rings (SSSR count). The Bertz CT molecular complexity index is 1730. The van der Waals surface area contributed by atoms with Crippen molar-refractivity contribution >= 4 is 60.6 Å². The Labute approximate surface area is 246 Å². The van der Waals surface area contributed by atoms with E-state index in [9.17, 15) is 0 Å². The molecule has 0 bridgehead atoms. The summed E-state index contributed by atoms with van der Waals surface area (Å²) in [5, 5.41) is 38.3. The fourth-order valence-electron chi connectivity index (χ4n) is 4.38. The van der Waals surface area contributed by atoms with Gasteiger partial charge in [-0.05, 0) is 86.3 Å². The van der Waals surface area contributed by atoms with Crippen molar-refractivity contribution in [3.63, 3.8) is 0 Å². The highest BCUT2D eigenvalue weighted by Crippen LogP contribution is 2.36. The van der Waals surface area contributed by atoms with Crippen LogP contribution >= 0.6 is 22.7 Å². The maximum atomic E-state index is 4.46. The Hall–Kier alpha value is -4.48. The van der Waals surface area contributed by atoms with Gasteiger partial charge in [-0.15, -0.1) is 30.7 Å². The van der Waals surface area contributed by atoms with Crippen molar-refractivity contribution < 1.29 is 0 Å². The lowest BCUT2D eigenvalue weighted by atomic mass is 10.2. The van der Waals surface area contributed by atoms with Crippen LogP contribution < -0.4 is 4.90 Å². The van der Waals surface area contributed by atoms with Gasteiger partial charge in [-0.3, -0.25) is 0 Å². The number of aryl methyl sites for hydroxylation is 2. The van der Waals surface area contributed by atoms with Gasteiger partial charge in [0, 0.05) is 18.7 Å². The molecule has 0 spiro atoms. The third-order valence-electron chi connectivity index (χ3n) is 6.57. The molecule has 41 heavy (non-hydrogen) atoms. The summed E-state index contributed by atoms with van der Waals surface area (Å²) in [6, 6.07) is 25.5. The van der Waals surface area contributed by atoms with Gasteiger partial charge >= 0.3 is 0 Å². The van der Waals surface area contributed by atoms with Crippen LogP contribution in [0.15, 0.2) is 110 Å². The van der Waals surface area contributed by atoms with Gasteiger partial charge in [0.1, 0.15) is 10.0 Å². The molecule has 0 amide bonds. The van der Waals surface area contributed by atoms with Gasteiger partial charge in [-0.1, -0.05) is 53.0 Å². The van der Waals surface area contributed by atoms with E-state index in [1.807, 2.05) is 86.6 Å². The molecule has 3 aromatic carbocycles. The van der Waals surface area contributed by atoms with Crippen LogP contribution in [0.2, 0.25) is 0 Å². The molecule has 2 aromatic heterocycles. The fourth-order valence-corrected chi connectivity index (χ4v) is 5.93. The van der Waals surface area contributed by atoms with Crippen molar-refractivity contribution in [2.24, 2.45) is 30.7 Å². The quantitative estimate of drug-likeness (QED) is 0.171. The van der Waals surface area contributed by atoms with Gasteiger partial charge in [0.2, 0.25) is 0 Å². The fraction of sp³-hybridized carbons (Fsp3) is 0.200.